The molecule has 4 rings (SSSR count). The second-order valence-corrected chi connectivity index (χ2v) is 8.04. The smallest absolute Gasteiger partial charge is 0.220 e. The number of methoxy groups -OCH3 is 1. The maximum absolute atomic E-state index is 12.4. The molecule has 0 saturated carbocycles. The van der Waals surface area contributed by atoms with E-state index in [1.54, 1.807) is 7.11 Å². The molecule has 4 aromatic rings. The van der Waals surface area contributed by atoms with Crippen LogP contribution in [-0.4, -0.2) is 27.6 Å². The predicted octanol–water partition coefficient (Wildman–Crippen LogP) is 4.92. The molecule has 1 N–H and O–H groups in total. The Morgan fingerprint density at radius 3 is 2.66 bits per heavy atom. The zero-order valence-corrected chi connectivity index (χ0v) is 19.1. The number of aromatic nitrogens is 3. The van der Waals surface area contributed by atoms with Crippen molar-refractivity contribution in [1.82, 2.24) is 19.9 Å². The van der Waals surface area contributed by atoms with E-state index in [1.807, 2.05) is 73.0 Å². The highest BCUT2D eigenvalue weighted by molar-refractivity contribution is 6.31. The zero-order chi connectivity index (χ0) is 22.7. The highest BCUT2D eigenvalue weighted by Gasteiger charge is 2.16. The number of nitrogens with one attached hydrogen (secondary N) is 1. The van der Waals surface area contributed by atoms with Gasteiger partial charge in [0.2, 0.25) is 5.91 Å². The fourth-order valence-corrected chi connectivity index (χ4v) is 4.04. The average Bonchev–Trinajstić information content (AvgIpc) is 3.22. The van der Waals surface area contributed by atoms with Crippen LogP contribution in [0.4, 0.5) is 0 Å². The summed E-state index contributed by atoms with van der Waals surface area (Å²) in [5, 5.41) is 8.36. The van der Waals surface area contributed by atoms with Gasteiger partial charge in [0.25, 0.3) is 0 Å². The summed E-state index contributed by atoms with van der Waals surface area (Å²) in [5.74, 6) is 0.736. The summed E-state index contributed by atoms with van der Waals surface area (Å²) in [6.45, 7) is 4.40. The molecule has 164 valence electrons. The summed E-state index contributed by atoms with van der Waals surface area (Å²) in [6.07, 6.45) is 0.943. The van der Waals surface area contributed by atoms with Crippen LogP contribution in [0.25, 0.3) is 16.9 Å². The molecule has 0 unspecified atom stereocenters. The van der Waals surface area contributed by atoms with Crippen molar-refractivity contribution in [3.8, 4) is 17.0 Å². The first-order chi connectivity index (χ1) is 15.5. The molecule has 7 heteroatoms. The lowest BCUT2D eigenvalue weighted by Crippen LogP contribution is -2.23. The van der Waals surface area contributed by atoms with Crippen LogP contribution >= 0.6 is 11.6 Å². The highest BCUT2D eigenvalue weighted by Crippen LogP contribution is 2.30. The van der Waals surface area contributed by atoms with Crippen LogP contribution in [0.15, 0.2) is 54.6 Å². The maximum Gasteiger partial charge on any atom is 0.220 e. The summed E-state index contributed by atoms with van der Waals surface area (Å²) in [7, 11) is 1.65. The van der Waals surface area contributed by atoms with Gasteiger partial charge in [0.15, 0.2) is 5.65 Å². The molecule has 0 spiro atoms. The monoisotopic (exact) mass is 448 g/mol. The standard InChI is InChI=1S/C25H25ClN4O2/c1-16-19(12-13-25(31)27-15-18-8-4-6-10-21(18)26)17(2)30-24(28-16)14-22(29-30)20-9-5-7-11-23(20)32-3/h4-11,14H,12-13,15H2,1-3H3,(H,27,31). The Morgan fingerprint density at radius 2 is 1.88 bits per heavy atom. The number of benzene rings is 2. The largest absolute Gasteiger partial charge is 0.496 e. The molecular formula is C25H25ClN4O2. The lowest BCUT2D eigenvalue weighted by atomic mass is 10.1. The summed E-state index contributed by atoms with van der Waals surface area (Å²) in [5.41, 5.74) is 6.30. The van der Waals surface area contributed by atoms with Crippen molar-refractivity contribution < 1.29 is 9.53 Å². The van der Waals surface area contributed by atoms with Gasteiger partial charge in [-0.3, -0.25) is 4.79 Å². The molecule has 0 radical (unpaired) electrons. The van der Waals surface area contributed by atoms with Gasteiger partial charge in [-0.1, -0.05) is 41.9 Å². The predicted molar refractivity (Wildman–Crippen MR) is 126 cm³/mol. The van der Waals surface area contributed by atoms with E-state index in [0.29, 0.717) is 24.4 Å². The van der Waals surface area contributed by atoms with Gasteiger partial charge >= 0.3 is 0 Å². The van der Waals surface area contributed by atoms with Crippen LogP contribution in [0.2, 0.25) is 5.02 Å². The molecule has 2 aromatic heterocycles. The van der Waals surface area contributed by atoms with E-state index in [0.717, 1.165) is 45.2 Å². The summed E-state index contributed by atoms with van der Waals surface area (Å²) in [4.78, 5) is 17.2. The lowest BCUT2D eigenvalue weighted by molar-refractivity contribution is -0.121. The number of hydrogen-bond acceptors (Lipinski definition) is 4. The summed E-state index contributed by atoms with van der Waals surface area (Å²) >= 11 is 6.17. The normalized spacial score (nSPS) is 11.0. The quantitative estimate of drug-likeness (QED) is 0.435. The van der Waals surface area contributed by atoms with Gasteiger partial charge in [-0.15, -0.1) is 0 Å². The Bertz CT molecular complexity index is 1280. The van der Waals surface area contributed by atoms with E-state index in [-0.39, 0.29) is 5.91 Å². The molecular weight excluding hydrogens is 424 g/mol. The zero-order valence-electron chi connectivity index (χ0n) is 18.4. The van der Waals surface area contributed by atoms with Gasteiger partial charge in [-0.05, 0) is 49.6 Å². The summed E-state index contributed by atoms with van der Waals surface area (Å²) < 4.78 is 7.32. The topological polar surface area (TPSA) is 68.5 Å². The van der Waals surface area contributed by atoms with Crippen LogP contribution in [0.3, 0.4) is 0 Å². The van der Waals surface area contributed by atoms with Crippen molar-refractivity contribution >= 4 is 23.2 Å². The molecule has 2 aromatic carbocycles. The van der Waals surface area contributed by atoms with Crippen LogP contribution in [0.5, 0.6) is 5.75 Å². The Morgan fingerprint density at radius 1 is 1.12 bits per heavy atom. The molecule has 0 fully saturated rings. The number of halogens is 1. The van der Waals surface area contributed by atoms with E-state index in [9.17, 15) is 4.79 Å². The SMILES string of the molecule is COc1ccccc1-c1cc2nc(C)c(CCC(=O)NCc3ccccc3Cl)c(C)n2n1. The fraction of sp³-hybridized carbons (Fsp3) is 0.240. The maximum atomic E-state index is 12.4. The highest BCUT2D eigenvalue weighted by atomic mass is 35.5. The number of nitrogens with zero attached hydrogens (tertiary/aromatic N) is 3. The summed E-state index contributed by atoms with van der Waals surface area (Å²) in [6, 6.07) is 17.2. The first-order valence-electron chi connectivity index (χ1n) is 10.5. The molecule has 0 bridgehead atoms. The Hall–Kier alpha value is -3.38. The van der Waals surface area contributed by atoms with Crippen LogP contribution < -0.4 is 10.1 Å². The first-order valence-corrected chi connectivity index (χ1v) is 10.8. The molecule has 0 saturated heterocycles. The van der Waals surface area contributed by atoms with Crippen molar-refractivity contribution in [2.45, 2.75) is 33.2 Å². The molecule has 32 heavy (non-hydrogen) atoms. The van der Waals surface area contributed by atoms with E-state index in [2.05, 4.69) is 5.32 Å². The van der Waals surface area contributed by atoms with Crippen molar-refractivity contribution in [3.05, 3.63) is 82.1 Å². The number of carbonyl (C=O) groups excluding carboxylic acids is 1. The van der Waals surface area contributed by atoms with Gasteiger partial charge < -0.3 is 10.1 Å². The minimum Gasteiger partial charge on any atom is -0.496 e. The van der Waals surface area contributed by atoms with Gasteiger partial charge in [-0.2, -0.15) is 5.10 Å². The Balaban J connectivity index is 1.52. The second-order valence-electron chi connectivity index (χ2n) is 7.63. The van der Waals surface area contributed by atoms with Crippen LogP contribution in [0.1, 0.15) is 28.9 Å². The van der Waals surface area contributed by atoms with Gasteiger partial charge in [0.1, 0.15) is 5.75 Å². The number of rotatable bonds is 7. The molecule has 6 nitrogen and oxygen atoms in total. The number of aryl methyl sites for hydroxylation is 2. The molecule has 0 aliphatic heterocycles. The minimum absolute atomic E-state index is 0.0287. The van der Waals surface area contributed by atoms with E-state index in [1.165, 1.54) is 0 Å². The molecule has 0 aliphatic carbocycles. The third-order valence-electron chi connectivity index (χ3n) is 5.58. The van der Waals surface area contributed by atoms with Crippen molar-refractivity contribution in [3.63, 3.8) is 0 Å². The number of fused-ring (bicyclic) bond motifs is 1. The van der Waals surface area contributed by atoms with Crippen molar-refractivity contribution in [2.75, 3.05) is 7.11 Å². The van der Waals surface area contributed by atoms with Crippen LogP contribution in [-0.2, 0) is 17.8 Å². The first kappa shape index (κ1) is 21.8. The third kappa shape index (κ3) is 4.46. The van der Waals surface area contributed by atoms with Gasteiger partial charge in [-0.25, -0.2) is 9.50 Å². The van der Waals surface area contributed by atoms with Gasteiger partial charge in [0.05, 0.1) is 12.8 Å². The number of ether oxygens (including phenoxy) is 1. The molecule has 0 aliphatic rings. The number of amides is 1. The average molecular weight is 449 g/mol. The van der Waals surface area contributed by atoms with E-state index < -0.39 is 0 Å². The third-order valence-corrected chi connectivity index (χ3v) is 5.95. The second kappa shape index (κ2) is 9.40. The minimum atomic E-state index is -0.0287. The number of carbonyl (C=O) groups is 1. The lowest BCUT2D eigenvalue weighted by Gasteiger charge is -2.11. The van der Waals surface area contributed by atoms with E-state index >= 15 is 0 Å². The molecule has 1 amide bonds. The van der Waals surface area contributed by atoms with Gasteiger partial charge in [0, 0.05) is 41.0 Å². The van der Waals surface area contributed by atoms with E-state index in [4.69, 9.17) is 26.4 Å². The Kier molecular flexibility index (Phi) is 6.42. The van der Waals surface area contributed by atoms with Crippen molar-refractivity contribution in [1.29, 1.82) is 0 Å². The number of para-hydroxylation sites is 1. The number of hydrogen-bond donors (Lipinski definition) is 1. The van der Waals surface area contributed by atoms with Crippen molar-refractivity contribution in [2.24, 2.45) is 0 Å². The molecule has 2 heterocycles. The molecule has 0 atom stereocenters. The Labute approximate surface area is 192 Å². The fourth-order valence-electron chi connectivity index (χ4n) is 3.84. The van der Waals surface area contributed by atoms with Crippen LogP contribution in [0, 0.1) is 13.8 Å².